The summed E-state index contributed by atoms with van der Waals surface area (Å²) in [5.41, 5.74) is 12.3. The number of hydrogen-bond donors (Lipinski definition) is 2. The van der Waals surface area contributed by atoms with Crippen LogP contribution in [0.25, 0.3) is 22.0 Å². The molecule has 0 aliphatic carbocycles. The first kappa shape index (κ1) is 26.5. The van der Waals surface area contributed by atoms with Crippen LogP contribution in [0.2, 0.25) is 0 Å². The maximum absolute atomic E-state index is 13.5. The zero-order valence-corrected chi connectivity index (χ0v) is 24.3. The number of hydrogen-bond acceptors (Lipinski definition) is 5. The van der Waals surface area contributed by atoms with Crippen LogP contribution in [0.3, 0.4) is 0 Å². The van der Waals surface area contributed by atoms with Crippen LogP contribution in [0, 0.1) is 0 Å². The van der Waals surface area contributed by atoms with Gasteiger partial charge in [-0.1, -0.05) is 24.3 Å². The van der Waals surface area contributed by atoms with E-state index in [9.17, 15) is 4.79 Å². The largest absolute Gasteiger partial charge is 1.00 e. The van der Waals surface area contributed by atoms with E-state index in [1.165, 1.54) is 0 Å². The number of carbonyl (C=O) groups excluding carboxylic acids is 1. The van der Waals surface area contributed by atoms with E-state index >= 15 is 0 Å². The number of amides is 1. The second-order valence-electron chi connectivity index (χ2n) is 9.42. The Labute approximate surface area is 259 Å². The first-order chi connectivity index (χ1) is 17.8. The maximum Gasteiger partial charge on any atom is 1.00 e. The maximum atomic E-state index is 13.5. The Morgan fingerprint density at radius 2 is 1.81 bits per heavy atom. The summed E-state index contributed by atoms with van der Waals surface area (Å²) in [5, 5.41) is 4.39. The Hall–Kier alpha value is -2.08. The van der Waals surface area contributed by atoms with Crippen molar-refractivity contribution in [2.75, 3.05) is 44.7 Å². The van der Waals surface area contributed by atoms with Gasteiger partial charge >= 0.3 is 51.4 Å². The molecule has 2 aliphatic heterocycles. The SMILES string of the molecule is O=C(c1cn(-c2ccc(N[N-]Cc3cccnc3)cc2)c2ccccc12)N1CC(N2CCNCC2)C1.[K+]. The van der Waals surface area contributed by atoms with Crippen LogP contribution < -0.4 is 62.1 Å². The molecule has 0 bridgehead atoms. The van der Waals surface area contributed by atoms with Gasteiger partial charge in [0.25, 0.3) is 5.91 Å². The summed E-state index contributed by atoms with van der Waals surface area (Å²) in [6.07, 6.45) is 5.56. The van der Waals surface area contributed by atoms with Gasteiger partial charge in [0.1, 0.15) is 0 Å². The minimum Gasteiger partial charge on any atom is -0.567 e. The van der Waals surface area contributed by atoms with Gasteiger partial charge in [-0.15, -0.1) is 6.54 Å². The van der Waals surface area contributed by atoms with Gasteiger partial charge < -0.3 is 25.6 Å². The van der Waals surface area contributed by atoms with Crippen LogP contribution in [0.1, 0.15) is 15.9 Å². The van der Waals surface area contributed by atoms with Crippen LogP contribution in [0.5, 0.6) is 0 Å². The number of benzene rings is 2. The van der Waals surface area contributed by atoms with E-state index in [1.807, 2.05) is 71.9 Å². The summed E-state index contributed by atoms with van der Waals surface area (Å²) in [4.78, 5) is 22.1. The molecule has 0 radical (unpaired) electrons. The number of aromatic nitrogens is 2. The minimum atomic E-state index is 0. The van der Waals surface area contributed by atoms with Gasteiger partial charge in [-0.2, -0.15) is 0 Å². The number of fused-ring (bicyclic) bond motifs is 1. The molecular weight excluding hydrogens is 489 g/mol. The van der Waals surface area contributed by atoms with E-state index < -0.39 is 0 Å². The van der Waals surface area contributed by atoms with Gasteiger partial charge in [-0.25, -0.2) is 0 Å². The second-order valence-corrected chi connectivity index (χ2v) is 9.42. The van der Waals surface area contributed by atoms with Crippen molar-refractivity contribution in [1.29, 1.82) is 0 Å². The summed E-state index contributed by atoms with van der Waals surface area (Å²) in [6.45, 7) is 6.36. The number of carbonyl (C=O) groups is 1. The first-order valence-corrected chi connectivity index (χ1v) is 12.5. The molecule has 2 fully saturated rings. The monoisotopic (exact) mass is 519 g/mol. The average Bonchev–Trinajstić information content (AvgIpc) is 3.29. The first-order valence-electron chi connectivity index (χ1n) is 12.5. The van der Waals surface area contributed by atoms with E-state index in [1.54, 1.807) is 6.20 Å². The van der Waals surface area contributed by atoms with E-state index in [-0.39, 0.29) is 57.3 Å². The third-order valence-electron chi connectivity index (χ3n) is 7.10. The van der Waals surface area contributed by atoms with Crippen molar-refractivity contribution in [2.45, 2.75) is 12.6 Å². The molecule has 0 spiro atoms. The smallest absolute Gasteiger partial charge is 0.567 e. The van der Waals surface area contributed by atoms with Gasteiger partial charge in [0.15, 0.2) is 0 Å². The molecule has 0 atom stereocenters. The zero-order valence-electron chi connectivity index (χ0n) is 21.2. The van der Waals surface area contributed by atoms with Crippen LogP contribution in [0.4, 0.5) is 5.69 Å². The summed E-state index contributed by atoms with van der Waals surface area (Å²) < 4.78 is 2.10. The number of likely N-dealkylation sites (tertiary alicyclic amines) is 1. The fourth-order valence-electron chi connectivity index (χ4n) is 5.04. The predicted octanol–water partition coefficient (Wildman–Crippen LogP) is 0.660. The molecule has 6 rings (SSSR count). The molecule has 2 saturated heterocycles. The van der Waals surface area contributed by atoms with Gasteiger partial charge in [0.2, 0.25) is 0 Å². The molecule has 1 amide bonds. The fraction of sp³-hybridized carbons (Fsp3) is 0.286. The van der Waals surface area contributed by atoms with E-state index in [2.05, 4.69) is 36.7 Å². The van der Waals surface area contributed by atoms with Crippen molar-refractivity contribution >= 4 is 22.5 Å². The van der Waals surface area contributed by atoms with E-state index in [0.717, 1.165) is 72.7 Å². The molecule has 2 aliphatic rings. The Bertz CT molecular complexity index is 1330. The minimum absolute atomic E-state index is 0. The topological polar surface area (TPSA) is 79.5 Å². The number of piperazine rings is 1. The number of nitrogens with zero attached hydrogens (tertiary/aromatic N) is 5. The van der Waals surface area contributed by atoms with Crippen molar-refractivity contribution in [3.8, 4) is 5.69 Å². The quantitative estimate of drug-likeness (QED) is 0.277. The molecule has 9 heteroatoms. The number of anilines is 1. The van der Waals surface area contributed by atoms with Crippen molar-refractivity contribution in [3.63, 3.8) is 0 Å². The number of rotatable bonds is 7. The molecule has 8 nitrogen and oxygen atoms in total. The fourth-order valence-corrected chi connectivity index (χ4v) is 5.04. The third kappa shape index (κ3) is 5.84. The van der Waals surface area contributed by atoms with Crippen molar-refractivity contribution in [3.05, 3.63) is 95.8 Å². The predicted molar refractivity (Wildman–Crippen MR) is 142 cm³/mol. The third-order valence-corrected chi connectivity index (χ3v) is 7.10. The van der Waals surface area contributed by atoms with Crippen LogP contribution >= 0.6 is 0 Å². The van der Waals surface area contributed by atoms with Gasteiger partial charge in [-0.05, 0) is 42.0 Å². The molecule has 2 N–H and O–H groups in total. The molecule has 37 heavy (non-hydrogen) atoms. The van der Waals surface area contributed by atoms with E-state index in [0.29, 0.717) is 12.6 Å². The molecule has 2 aromatic carbocycles. The summed E-state index contributed by atoms with van der Waals surface area (Å²) >= 11 is 0. The Morgan fingerprint density at radius 1 is 1.03 bits per heavy atom. The average molecular weight is 520 g/mol. The molecule has 2 aromatic heterocycles. The normalized spacial score (nSPS) is 16.3. The van der Waals surface area contributed by atoms with Crippen molar-refractivity contribution < 1.29 is 56.2 Å². The van der Waals surface area contributed by atoms with Crippen LogP contribution in [-0.4, -0.2) is 70.6 Å². The van der Waals surface area contributed by atoms with Crippen molar-refractivity contribution in [2.24, 2.45) is 0 Å². The van der Waals surface area contributed by atoms with Gasteiger partial charge in [-0.3, -0.25) is 14.7 Å². The molecule has 184 valence electrons. The van der Waals surface area contributed by atoms with E-state index in [4.69, 9.17) is 0 Å². The standard InChI is InChI=1S/C28H30N7O.K/c36-28(34-18-24(19-34)33-14-12-29-13-15-33)26-20-35(27-6-2-1-5-25(26)27)23-9-7-22(8-10-23)32-31-17-21-4-3-11-30-16-21;/h1-11,16,20,24,29,32H,12-15,17-19H2;/q-1;+1. The Balaban J connectivity index is 0.00000280. The molecule has 4 heterocycles. The number of nitrogens with one attached hydrogen (secondary N) is 2. The molecular formula is C28H30KN7O. The summed E-state index contributed by atoms with van der Waals surface area (Å²) in [6, 6.07) is 20.6. The zero-order chi connectivity index (χ0) is 24.3. The number of pyridine rings is 1. The second kappa shape index (κ2) is 12.2. The van der Waals surface area contributed by atoms with Crippen LogP contribution in [0.15, 0.2) is 79.3 Å². The molecule has 0 saturated carbocycles. The van der Waals surface area contributed by atoms with Gasteiger partial charge in [0.05, 0.1) is 11.1 Å². The van der Waals surface area contributed by atoms with Gasteiger partial charge in [0, 0.05) is 80.7 Å². The Kier molecular flexibility index (Phi) is 8.73. The summed E-state index contributed by atoms with van der Waals surface area (Å²) in [5.74, 6) is 0.115. The summed E-state index contributed by atoms with van der Waals surface area (Å²) in [7, 11) is 0. The Morgan fingerprint density at radius 3 is 2.57 bits per heavy atom. The van der Waals surface area contributed by atoms with Crippen LogP contribution in [-0.2, 0) is 6.54 Å². The number of para-hydroxylation sites is 1. The van der Waals surface area contributed by atoms with Crippen molar-refractivity contribution in [1.82, 2.24) is 24.7 Å². The molecule has 4 aromatic rings. The molecule has 0 unspecified atom stereocenters.